The van der Waals surface area contributed by atoms with Gasteiger partial charge in [0, 0.05) is 36.8 Å². The zero-order chi connectivity index (χ0) is 18.8. The maximum Gasteiger partial charge on any atom is 0.240 e. The van der Waals surface area contributed by atoms with Crippen molar-refractivity contribution >= 4 is 17.5 Å². The van der Waals surface area contributed by atoms with Gasteiger partial charge in [-0.3, -0.25) is 9.69 Å². The third kappa shape index (κ3) is 3.88. The molecule has 2 aromatic rings. The molecule has 2 heterocycles. The van der Waals surface area contributed by atoms with Gasteiger partial charge in [0.25, 0.3) is 0 Å². The molecule has 1 saturated heterocycles. The van der Waals surface area contributed by atoms with Crippen molar-refractivity contribution in [2.24, 2.45) is 0 Å². The second-order valence-electron chi connectivity index (χ2n) is 7.49. The first-order chi connectivity index (χ1) is 13.1. The topological polar surface area (TPSA) is 43.8 Å². The Balaban J connectivity index is 1.59. The van der Waals surface area contributed by atoms with Crippen LogP contribution in [0.1, 0.15) is 35.6 Å². The Hall–Kier alpha value is -1.88. The molecular formula is C22H25ClN2O2. The summed E-state index contributed by atoms with van der Waals surface area (Å²) in [5.74, 6) is 0.188. The third-order valence-corrected chi connectivity index (χ3v) is 6.06. The number of hydrogen-bond acceptors (Lipinski definition) is 3. The van der Waals surface area contributed by atoms with E-state index in [-0.39, 0.29) is 11.9 Å². The Bertz CT molecular complexity index is 819. The van der Waals surface area contributed by atoms with E-state index < -0.39 is 6.10 Å². The average Bonchev–Trinajstić information content (AvgIpc) is 3.22. The highest BCUT2D eigenvalue weighted by atomic mass is 35.5. The molecule has 2 aliphatic heterocycles. The maximum atomic E-state index is 13.2. The lowest BCUT2D eigenvalue weighted by Crippen LogP contribution is -2.52. The molecule has 4 rings (SSSR count). The predicted molar refractivity (Wildman–Crippen MR) is 107 cm³/mol. The number of fused-ring (bicyclic) bond motifs is 1. The number of hydrogen-bond donors (Lipinski definition) is 1. The van der Waals surface area contributed by atoms with Gasteiger partial charge in [0.2, 0.25) is 5.91 Å². The SMILES string of the molecule is O=C(C1Cc2ccccc2CN1CC(O)c1ccccc1Cl)N1CCCC1. The largest absolute Gasteiger partial charge is 0.387 e. The molecule has 5 heteroatoms. The van der Waals surface area contributed by atoms with Crippen molar-refractivity contribution < 1.29 is 9.90 Å². The van der Waals surface area contributed by atoms with Gasteiger partial charge in [-0.05, 0) is 36.5 Å². The minimum absolute atomic E-state index is 0.188. The van der Waals surface area contributed by atoms with E-state index in [0.717, 1.165) is 25.9 Å². The van der Waals surface area contributed by atoms with E-state index in [1.807, 2.05) is 35.2 Å². The molecule has 0 radical (unpaired) electrons. The van der Waals surface area contributed by atoms with Gasteiger partial charge >= 0.3 is 0 Å². The van der Waals surface area contributed by atoms with Crippen LogP contribution < -0.4 is 0 Å². The Labute approximate surface area is 165 Å². The number of amides is 1. The van der Waals surface area contributed by atoms with E-state index in [1.165, 1.54) is 11.1 Å². The van der Waals surface area contributed by atoms with Gasteiger partial charge in [0.1, 0.15) is 0 Å². The summed E-state index contributed by atoms with van der Waals surface area (Å²) >= 11 is 6.27. The van der Waals surface area contributed by atoms with Gasteiger partial charge in [-0.2, -0.15) is 0 Å². The normalized spacial score (nSPS) is 21.1. The van der Waals surface area contributed by atoms with Crippen molar-refractivity contribution in [1.29, 1.82) is 0 Å². The second-order valence-corrected chi connectivity index (χ2v) is 7.89. The Morgan fingerprint density at radius 3 is 2.48 bits per heavy atom. The first kappa shape index (κ1) is 18.5. The van der Waals surface area contributed by atoms with Gasteiger partial charge in [0.15, 0.2) is 0 Å². The standard InChI is InChI=1S/C22H25ClN2O2/c23-19-10-4-3-9-18(19)21(26)15-25-14-17-8-2-1-7-16(17)13-20(25)22(27)24-11-5-6-12-24/h1-4,7-10,20-21,26H,5-6,11-15H2. The fourth-order valence-electron chi connectivity index (χ4n) is 4.23. The zero-order valence-electron chi connectivity index (χ0n) is 15.4. The lowest BCUT2D eigenvalue weighted by molar-refractivity contribution is -0.137. The highest BCUT2D eigenvalue weighted by Crippen LogP contribution is 2.29. The van der Waals surface area contributed by atoms with E-state index >= 15 is 0 Å². The molecule has 2 atom stereocenters. The van der Waals surface area contributed by atoms with E-state index in [4.69, 9.17) is 11.6 Å². The first-order valence-electron chi connectivity index (χ1n) is 9.65. The van der Waals surface area contributed by atoms with Crippen LogP contribution >= 0.6 is 11.6 Å². The highest BCUT2D eigenvalue weighted by molar-refractivity contribution is 6.31. The molecule has 0 saturated carbocycles. The predicted octanol–water partition coefficient (Wildman–Crippen LogP) is 3.42. The van der Waals surface area contributed by atoms with E-state index in [2.05, 4.69) is 17.0 Å². The number of rotatable bonds is 4. The fraction of sp³-hybridized carbons (Fsp3) is 0.409. The summed E-state index contributed by atoms with van der Waals surface area (Å²) in [6.07, 6.45) is 2.13. The third-order valence-electron chi connectivity index (χ3n) is 5.72. The quantitative estimate of drug-likeness (QED) is 0.878. The van der Waals surface area contributed by atoms with Gasteiger partial charge in [0.05, 0.1) is 12.1 Å². The lowest BCUT2D eigenvalue weighted by Gasteiger charge is -2.38. The number of nitrogens with zero attached hydrogens (tertiary/aromatic N) is 2. The van der Waals surface area contributed by atoms with E-state index in [1.54, 1.807) is 6.07 Å². The molecule has 0 aromatic heterocycles. The highest BCUT2D eigenvalue weighted by Gasteiger charge is 2.36. The zero-order valence-corrected chi connectivity index (χ0v) is 16.1. The molecule has 0 bridgehead atoms. The molecule has 1 fully saturated rings. The van der Waals surface area contributed by atoms with Gasteiger partial charge < -0.3 is 10.0 Å². The van der Waals surface area contributed by atoms with E-state index in [0.29, 0.717) is 30.1 Å². The molecule has 0 aliphatic carbocycles. The molecule has 2 unspecified atom stereocenters. The second kappa shape index (κ2) is 8.01. The minimum atomic E-state index is -0.724. The number of carbonyl (C=O) groups excluding carboxylic acids is 1. The Morgan fingerprint density at radius 2 is 1.74 bits per heavy atom. The molecular weight excluding hydrogens is 360 g/mol. The van der Waals surface area contributed by atoms with Gasteiger partial charge in [-0.25, -0.2) is 0 Å². The molecule has 2 aliphatic rings. The van der Waals surface area contributed by atoms with Crippen molar-refractivity contribution in [3.8, 4) is 0 Å². The summed E-state index contributed by atoms with van der Waals surface area (Å²) in [6.45, 7) is 2.75. The monoisotopic (exact) mass is 384 g/mol. The van der Waals surface area contributed by atoms with Crippen LogP contribution in [-0.4, -0.2) is 46.5 Å². The molecule has 0 spiro atoms. The molecule has 2 aromatic carbocycles. The van der Waals surface area contributed by atoms with E-state index in [9.17, 15) is 9.90 Å². The first-order valence-corrected chi connectivity index (χ1v) is 10.0. The number of benzene rings is 2. The Kier molecular flexibility index (Phi) is 5.48. The van der Waals surface area contributed by atoms with Crippen LogP contribution in [0.5, 0.6) is 0 Å². The van der Waals surface area contributed by atoms with Crippen LogP contribution in [-0.2, 0) is 17.8 Å². The van der Waals surface area contributed by atoms with Crippen molar-refractivity contribution in [1.82, 2.24) is 9.80 Å². The van der Waals surface area contributed by atoms with Crippen LogP contribution in [0.2, 0.25) is 5.02 Å². The summed E-state index contributed by atoms with van der Waals surface area (Å²) in [5, 5.41) is 11.4. The van der Waals surface area contributed by atoms with Crippen molar-refractivity contribution in [2.45, 2.75) is 38.0 Å². The minimum Gasteiger partial charge on any atom is -0.387 e. The summed E-state index contributed by atoms with van der Waals surface area (Å²) < 4.78 is 0. The number of β-amino-alcohol motifs (C(OH)–C–C–N with tert-alkyl or cyclic N) is 1. The number of likely N-dealkylation sites (tertiary alicyclic amines) is 1. The molecule has 27 heavy (non-hydrogen) atoms. The van der Waals surface area contributed by atoms with Gasteiger partial charge in [-0.15, -0.1) is 0 Å². The average molecular weight is 385 g/mol. The number of aliphatic hydroxyl groups excluding tert-OH is 1. The smallest absolute Gasteiger partial charge is 0.240 e. The summed E-state index contributed by atoms with van der Waals surface area (Å²) in [5.41, 5.74) is 3.18. The summed E-state index contributed by atoms with van der Waals surface area (Å²) in [4.78, 5) is 17.3. The summed E-state index contributed by atoms with van der Waals surface area (Å²) in [6, 6.07) is 15.4. The fourth-order valence-corrected chi connectivity index (χ4v) is 4.49. The molecule has 1 amide bonds. The van der Waals surface area contributed by atoms with Gasteiger partial charge in [-0.1, -0.05) is 54.1 Å². The van der Waals surface area contributed by atoms with Crippen LogP contribution in [0.15, 0.2) is 48.5 Å². The van der Waals surface area contributed by atoms with Crippen LogP contribution in [0.3, 0.4) is 0 Å². The van der Waals surface area contributed by atoms with Crippen LogP contribution in [0, 0.1) is 0 Å². The molecule has 1 N–H and O–H groups in total. The number of aliphatic hydroxyl groups is 1. The number of halogens is 1. The van der Waals surface area contributed by atoms with Crippen LogP contribution in [0.4, 0.5) is 0 Å². The van der Waals surface area contributed by atoms with Crippen molar-refractivity contribution in [3.05, 3.63) is 70.2 Å². The van der Waals surface area contributed by atoms with Crippen molar-refractivity contribution in [2.75, 3.05) is 19.6 Å². The maximum absolute atomic E-state index is 13.2. The lowest BCUT2D eigenvalue weighted by atomic mass is 9.92. The Morgan fingerprint density at radius 1 is 1.07 bits per heavy atom. The van der Waals surface area contributed by atoms with Crippen molar-refractivity contribution in [3.63, 3.8) is 0 Å². The number of carbonyl (C=O) groups is 1. The van der Waals surface area contributed by atoms with Crippen LogP contribution in [0.25, 0.3) is 0 Å². The summed E-state index contributed by atoms with van der Waals surface area (Å²) in [7, 11) is 0. The molecule has 142 valence electrons. The molecule has 4 nitrogen and oxygen atoms in total.